The molecule has 0 saturated heterocycles. The summed E-state index contributed by atoms with van der Waals surface area (Å²) in [5.41, 5.74) is -13.3. The first-order valence-electron chi connectivity index (χ1n) is 12.6. The Morgan fingerprint density at radius 3 is 1.93 bits per heavy atom. The highest BCUT2D eigenvalue weighted by Crippen LogP contribution is 2.55. The van der Waals surface area contributed by atoms with Crippen LogP contribution in [-0.4, -0.2) is 30.7 Å². The molecule has 1 aliphatic rings. The van der Waals surface area contributed by atoms with Crippen LogP contribution in [0.2, 0.25) is 0 Å². The monoisotopic (exact) mass is 876 g/mol. The average molecular weight is 876 g/mol. The molecule has 0 aromatic heterocycles. The van der Waals surface area contributed by atoms with Crippen molar-refractivity contribution in [3.63, 3.8) is 0 Å². The van der Waals surface area contributed by atoms with Crippen molar-refractivity contribution in [2.24, 2.45) is 5.92 Å². The third-order valence-electron chi connectivity index (χ3n) is 6.80. The molecule has 0 heterocycles. The van der Waals surface area contributed by atoms with Gasteiger partial charge in [-0.2, -0.15) is 39.5 Å². The summed E-state index contributed by atoms with van der Waals surface area (Å²) in [5, 5.41) is 1.69. The zero-order chi connectivity index (χ0) is 33.7. The van der Waals surface area contributed by atoms with E-state index in [1.165, 1.54) is 12.1 Å². The maximum atomic E-state index is 15.8. The van der Waals surface area contributed by atoms with Gasteiger partial charge in [-0.1, -0.05) is 6.07 Å². The van der Waals surface area contributed by atoms with Gasteiger partial charge in [-0.05, 0) is 112 Å². The van der Waals surface area contributed by atoms with Crippen LogP contribution >= 0.6 is 45.2 Å². The van der Waals surface area contributed by atoms with Gasteiger partial charge in [0.1, 0.15) is 0 Å². The van der Waals surface area contributed by atoms with Gasteiger partial charge in [0.15, 0.2) is 5.82 Å². The first kappa shape index (κ1) is 35.1. The second kappa shape index (κ2) is 12.5. The molecule has 3 aromatic carbocycles. The fraction of sp³-hybridized carbons (Fsp3) is 0.286. The number of halogens is 13. The van der Waals surface area contributed by atoms with Crippen molar-refractivity contribution in [1.82, 2.24) is 0 Å². The van der Waals surface area contributed by atoms with Crippen molar-refractivity contribution in [2.75, 3.05) is 16.8 Å². The Balaban J connectivity index is 1.76. The molecule has 1 N–H and O–H groups in total. The molecule has 1 aliphatic carbocycles. The first-order chi connectivity index (χ1) is 20.7. The standard InChI is InChI=1S/C28H17F11I2N2O2/c29-21-17(2-1-3-20(21)43(12-13-4-5-13)24(45)14-6-8-16(40)9-7-14)23(44)42-22-18(26(31,32)33)10-15(11-19(22)41)25(30,27(34,35)36)28(37,38)39/h1-3,6-11,13H,4-5,12H2,(H,42,44). The zero-order valence-corrected chi connectivity index (χ0v) is 26.4. The maximum absolute atomic E-state index is 15.8. The topological polar surface area (TPSA) is 49.4 Å². The number of hydrogen-bond acceptors (Lipinski definition) is 2. The predicted molar refractivity (Wildman–Crippen MR) is 157 cm³/mol. The Bertz CT molecular complexity index is 1600. The van der Waals surface area contributed by atoms with Gasteiger partial charge in [0.05, 0.1) is 22.5 Å². The van der Waals surface area contributed by atoms with Gasteiger partial charge in [0.2, 0.25) is 0 Å². The molecular weight excluding hydrogens is 859 g/mol. The number of benzene rings is 3. The summed E-state index contributed by atoms with van der Waals surface area (Å²) >= 11 is 2.91. The zero-order valence-electron chi connectivity index (χ0n) is 22.1. The summed E-state index contributed by atoms with van der Waals surface area (Å²) in [4.78, 5) is 27.5. The van der Waals surface area contributed by atoms with Gasteiger partial charge >= 0.3 is 24.2 Å². The van der Waals surface area contributed by atoms with Crippen molar-refractivity contribution < 1.29 is 57.9 Å². The van der Waals surface area contributed by atoms with E-state index in [0.717, 1.165) is 62.1 Å². The predicted octanol–water partition coefficient (Wildman–Crippen LogP) is 9.65. The van der Waals surface area contributed by atoms with Crippen LogP contribution in [0.1, 0.15) is 44.7 Å². The van der Waals surface area contributed by atoms with E-state index in [1.807, 2.05) is 22.6 Å². The fourth-order valence-corrected chi connectivity index (χ4v) is 5.45. The lowest BCUT2D eigenvalue weighted by atomic mass is 9.92. The number of carbonyl (C=O) groups excluding carboxylic acids is 2. The van der Waals surface area contributed by atoms with E-state index in [-0.39, 0.29) is 24.1 Å². The number of nitrogens with one attached hydrogen (secondary N) is 1. The summed E-state index contributed by atoms with van der Waals surface area (Å²) in [5.74, 6) is -3.52. The van der Waals surface area contributed by atoms with Crippen molar-refractivity contribution in [3.8, 4) is 0 Å². The molecule has 2 amide bonds. The minimum absolute atomic E-state index is 0.0140. The van der Waals surface area contributed by atoms with Crippen LogP contribution in [-0.2, 0) is 11.8 Å². The molecule has 4 rings (SSSR count). The van der Waals surface area contributed by atoms with Gasteiger partial charge in [0.25, 0.3) is 11.8 Å². The number of nitrogens with zero attached hydrogens (tertiary/aromatic N) is 1. The highest BCUT2D eigenvalue weighted by Gasteiger charge is 2.73. The second-order valence-electron chi connectivity index (χ2n) is 9.99. The van der Waals surface area contributed by atoms with Crippen LogP contribution in [0.4, 0.5) is 59.7 Å². The highest BCUT2D eigenvalue weighted by atomic mass is 127. The fourth-order valence-electron chi connectivity index (χ4n) is 4.33. The minimum Gasteiger partial charge on any atom is -0.320 e. The Kier molecular flexibility index (Phi) is 9.75. The number of anilines is 2. The van der Waals surface area contributed by atoms with Crippen LogP contribution in [0.5, 0.6) is 0 Å². The number of amides is 2. The summed E-state index contributed by atoms with van der Waals surface area (Å²) in [6.45, 7) is 0.0494. The normalized spacial score (nSPS) is 14.3. The van der Waals surface area contributed by atoms with Gasteiger partial charge in [-0.3, -0.25) is 9.59 Å². The van der Waals surface area contributed by atoms with Gasteiger partial charge in [-0.25, -0.2) is 8.78 Å². The summed E-state index contributed by atoms with van der Waals surface area (Å²) in [6, 6.07) is 8.55. The van der Waals surface area contributed by atoms with Crippen molar-refractivity contribution in [1.29, 1.82) is 0 Å². The Labute approximate surface area is 274 Å². The van der Waals surface area contributed by atoms with Crippen molar-refractivity contribution >= 4 is 68.4 Å². The average Bonchev–Trinajstić information content (AvgIpc) is 3.75. The molecule has 17 heteroatoms. The minimum atomic E-state index is -6.70. The van der Waals surface area contributed by atoms with Crippen LogP contribution < -0.4 is 10.2 Å². The molecule has 0 aliphatic heterocycles. The molecule has 1 saturated carbocycles. The van der Waals surface area contributed by atoms with Crippen LogP contribution in [0.25, 0.3) is 0 Å². The van der Waals surface area contributed by atoms with E-state index in [4.69, 9.17) is 0 Å². The van der Waals surface area contributed by atoms with E-state index in [9.17, 15) is 53.5 Å². The van der Waals surface area contributed by atoms with Crippen LogP contribution in [0.3, 0.4) is 0 Å². The third-order valence-corrected chi connectivity index (χ3v) is 8.37. The molecule has 45 heavy (non-hydrogen) atoms. The quantitative estimate of drug-likeness (QED) is 0.190. The SMILES string of the molecule is O=C(Nc1c(I)cc(C(F)(C(F)(F)F)C(F)(F)F)cc1C(F)(F)F)c1cccc(N(CC2CC2)C(=O)c2ccc(I)cc2)c1F. The highest BCUT2D eigenvalue weighted by molar-refractivity contribution is 14.1. The molecule has 3 aromatic rings. The molecule has 0 unspecified atom stereocenters. The molecule has 1 fully saturated rings. The molecule has 0 spiro atoms. The second-order valence-corrected chi connectivity index (χ2v) is 12.4. The number of hydrogen-bond donors (Lipinski definition) is 1. The summed E-state index contributed by atoms with van der Waals surface area (Å²) in [7, 11) is 0. The molecule has 4 nitrogen and oxygen atoms in total. The van der Waals surface area contributed by atoms with Crippen molar-refractivity contribution in [3.05, 3.63) is 89.8 Å². The van der Waals surface area contributed by atoms with E-state index >= 15 is 4.39 Å². The molecule has 0 atom stereocenters. The van der Waals surface area contributed by atoms with E-state index in [1.54, 1.807) is 17.4 Å². The van der Waals surface area contributed by atoms with Crippen LogP contribution in [0.15, 0.2) is 54.6 Å². The lowest BCUT2D eigenvalue weighted by Gasteiger charge is -2.31. The van der Waals surface area contributed by atoms with E-state index in [0.29, 0.717) is 0 Å². The summed E-state index contributed by atoms with van der Waals surface area (Å²) < 4.78 is 152. The number of alkyl halides is 10. The van der Waals surface area contributed by atoms with Crippen molar-refractivity contribution in [2.45, 2.75) is 37.0 Å². The Hall–Kier alpha value is -2.71. The van der Waals surface area contributed by atoms with Gasteiger partial charge < -0.3 is 10.2 Å². The maximum Gasteiger partial charge on any atom is 0.435 e. The molecule has 0 radical (unpaired) electrons. The van der Waals surface area contributed by atoms with E-state index < -0.39 is 79.5 Å². The first-order valence-corrected chi connectivity index (χ1v) is 14.7. The van der Waals surface area contributed by atoms with Gasteiger partial charge in [-0.15, -0.1) is 0 Å². The summed E-state index contributed by atoms with van der Waals surface area (Å²) in [6.07, 6.45) is -17.6. The number of rotatable bonds is 7. The largest absolute Gasteiger partial charge is 0.435 e. The lowest BCUT2D eigenvalue weighted by Crippen LogP contribution is -2.50. The van der Waals surface area contributed by atoms with Gasteiger partial charge in [0, 0.05) is 24.8 Å². The number of carbonyl (C=O) groups is 2. The van der Waals surface area contributed by atoms with E-state index in [2.05, 4.69) is 0 Å². The smallest absolute Gasteiger partial charge is 0.320 e. The molecule has 242 valence electrons. The molecule has 0 bridgehead atoms. The molecular formula is C28H17F11I2N2O2. The lowest BCUT2D eigenvalue weighted by molar-refractivity contribution is -0.348. The Morgan fingerprint density at radius 1 is 0.844 bits per heavy atom. The third kappa shape index (κ3) is 7.17. The Morgan fingerprint density at radius 2 is 1.42 bits per heavy atom. The van der Waals surface area contributed by atoms with Crippen LogP contribution in [0, 0.1) is 18.9 Å².